The zero-order chi connectivity index (χ0) is 19.7. The zero-order valence-electron chi connectivity index (χ0n) is 17.3. The van der Waals surface area contributed by atoms with Crippen molar-refractivity contribution in [1.29, 1.82) is 0 Å². The summed E-state index contributed by atoms with van der Waals surface area (Å²) >= 11 is 0. The number of phenols is 1. The van der Waals surface area contributed by atoms with Crippen LogP contribution < -0.4 is 5.73 Å². The highest BCUT2D eigenvalue weighted by molar-refractivity contribution is 5.85. The smallest absolute Gasteiger partial charge is 0.124 e. The van der Waals surface area contributed by atoms with Gasteiger partial charge < -0.3 is 15.9 Å². The second-order valence-electron chi connectivity index (χ2n) is 9.24. The molecule has 0 radical (unpaired) electrons. The van der Waals surface area contributed by atoms with Gasteiger partial charge in [-0.3, -0.25) is 0 Å². The lowest BCUT2D eigenvalue weighted by Crippen LogP contribution is -2.29. The molecule has 0 aliphatic heterocycles. The SMILES string of the molecule is CC(C)(C)c1cc([C@H](N)[C@H](O)Cc2ccccc2)c(O)c(C(C)(C)C)c1.Cl. The first-order valence-corrected chi connectivity index (χ1v) is 9.26. The summed E-state index contributed by atoms with van der Waals surface area (Å²) in [5.74, 6) is 0.199. The number of hydrogen-bond donors (Lipinski definition) is 3. The number of aromatic hydroxyl groups is 1. The molecule has 0 aliphatic rings. The Morgan fingerprint density at radius 1 is 0.926 bits per heavy atom. The minimum Gasteiger partial charge on any atom is -0.507 e. The molecule has 0 saturated heterocycles. The summed E-state index contributed by atoms with van der Waals surface area (Å²) in [4.78, 5) is 0. The molecule has 2 rings (SSSR count). The number of hydrogen-bond acceptors (Lipinski definition) is 3. The summed E-state index contributed by atoms with van der Waals surface area (Å²) < 4.78 is 0. The van der Waals surface area contributed by atoms with Crippen LogP contribution >= 0.6 is 12.4 Å². The van der Waals surface area contributed by atoms with Gasteiger partial charge in [-0.25, -0.2) is 0 Å². The van der Waals surface area contributed by atoms with Crippen LogP contribution in [0.3, 0.4) is 0 Å². The Morgan fingerprint density at radius 2 is 1.48 bits per heavy atom. The molecule has 0 aliphatic carbocycles. The van der Waals surface area contributed by atoms with E-state index in [9.17, 15) is 10.2 Å². The molecular formula is C23H34ClNO2. The zero-order valence-corrected chi connectivity index (χ0v) is 18.1. The van der Waals surface area contributed by atoms with Crippen molar-refractivity contribution in [2.24, 2.45) is 5.73 Å². The number of nitrogens with two attached hydrogens (primary N) is 1. The van der Waals surface area contributed by atoms with Crippen molar-refractivity contribution in [2.75, 3.05) is 0 Å². The quantitative estimate of drug-likeness (QED) is 0.686. The van der Waals surface area contributed by atoms with Gasteiger partial charge in [0.2, 0.25) is 0 Å². The monoisotopic (exact) mass is 391 g/mol. The molecule has 0 unspecified atom stereocenters. The van der Waals surface area contributed by atoms with E-state index in [0.29, 0.717) is 12.0 Å². The average Bonchev–Trinajstić information content (AvgIpc) is 2.53. The van der Waals surface area contributed by atoms with Crippen molar-refractivity contribution in [3.8, 4) is 5.75 Å². The number of halogens is 1. The topological polar surface area (TPSA) is 66.5 Å². The Balaban J connectivity index is 0.00000364. The summed E-state index contributed by atoms with van der Waals surface area (Å²) in [6.45, 7) is 12.6. The fourth-order valence-corrected chi connectivity index (χ4v) is 3.11. The van der Waals surface area contributed by atoms with Crippen molar-refractivity contribution in [1.82, 2.24) is 0 Å². The first-order chi connectivity index (χ1) is 11.9. The first-order valence-electron chi connectivity index (χ1n) is 9.26. The van der Waals surface area contributed by atoms with Gasteiger partial charge in [0.25, 0.3) is 0 Å². The molecule has 0 aromatic heterocycles. The molecule has 4 N–H and O–H groups in total. The standard InChI is InChI=1S/C23H33NO2.ClH/c1-22(2,3)16-13-17(21(26)18(14-16)23(4,5)6)20(24)19(25)12-15-10-8-7-9-11-15;/h7-11,13-14,19-20,25-26H,12,24H2,1-6H3;1H/t19-,20+;/m1./s1. The molecule has 2 aromatic carbocycles. The maximum absolute atomic E-state index is 10.9. The van der Waals surface area contributed by atoms with Gasteiger partial charge in [0, 0.05) is 12.0 Å². The van der Waals surface area contributed by atoms with Gasteiger partial charge in [0.05, 0.1) is 12.1 Å². The minimum atomic E-state index is -0.772. The summed E-state index contributed by atoms with van der Waals surface area (Å²) in [6.07, 6.45) is -0.321. The van der Waals surface area contributed by atoms with Gasteiger partial charge in [0.15, 0.2) is 0 Å². The van der Waals surface area contributed by atoms with E-state index in [-0.39, 0.29) is 29.0 Å². The van der Waals surface area contributed by atoms with Crippen LogP contribution in [-0.4, -0.2) is 16.3 Å². The van der Waals surface area contributed by atoms with Crippen molar-refractivity contribution < 1.29 is 10.2 Å². The third-order valence-corrected chi connectivity index (χ3v) is 4.87. The maximum atomic E-state index is 10.9. The highest BCUT2D eigenvalue weighted by Crippen LogP contribution is 2.40. The summed E-state index contributed by atoms with van der Waals surface area (Å²) in [5.41, 5.74) is 9.72. The number of aliphatic hydroxyl groups excluding tert-OH is 1. The molecule has 2 atom stereocenters. The van der Waals surface area contributed by atoms with E-state index in [0.717, 1.165) is 16.7 Å². The third kappa shape index (κ3) is 5.71. The van der Waals surface area contributed by atoms with Crippen LogP contribution in [0.15, 0.2) is 42.5 Å². The summed E-state index contributed by atoms with van der Waals surface area (Å²) in [6, 6.07) is 13.2. The molecule has 2 aromatic rings. The van der Waals surface area contributed by atoms with Crippen molar-refractivity contribution in [2.45, 2.75) is 70.9 Å². The Bertz CT molecular complexity index is 745. The fourth-order valence-electron chi connectivity index (χ4n) is 3.11. The van der Waals surface area contributed by atoms with Gasteiger partial charge in [-0.15, -0.1) is 12.4 Å². The van der Waals surface area contributed by atoms with E-state index in [2.05, 4.69) is 47.6 Å². The Kier molecular flexibility index (Phi) is 7.52. The van der Waals surface area contributed by atoms with E-state index in [4.69, 9.17) is 5.73 Å². The van der Waals surface area contributed by atoms with Gasteiger partial charge in [-0.2, -0.15) is 0 Å². The Morgan fingerprint density at radius 3 is 1.96 bits per heavy atom. The first kappa shape index (κ1) is 23.5. The second kappa shape index (κ2) is 8.64. The van der Waals surface area contributed by atoms with Crippen LogP contribution in [0.5, 0.6) is 5.75 Å². The molecule has 0 spiro atoms. The highest BCUT2D eigenvalue weighted by Gasteiger charge is 2.29. The largest absolute Gasteiger partial charge is 0.507 e. The molecule has 27 heavy (non-hydrogen) atoms. The van der Waals surface area contributed by atoms with Crippen LogP contribution in [-0.2, 0) is 17.3 Å². The number of benzene rings is 2. The lowest BCUT2D eigenvalue weighted by molar-refractivity contribution is 0.143. The molecule has 150 valence electrons. The molecule has 0 bridgehead atoms. The van der Waals surface area contributed by atoms with E-state index in [1.807, 2.05) is 36.4 Å². The lowest BCUT2D eigenvalue weighted by atomic mass is 9.77. The molecule has 0 amide bonds. The van der Waals surface area contributed by atoms with Gasteiger partial charge >= 0.3 is 0 Å². The number of phenolic OH excluding ortho intramolecular Hbond substituents is 1. The predicted octanol–water partition coefficient (Wildman–Crippen LogP) is 5.01. The van der Waals surface area contributed by atoms with Gasteiger partial charge in [0.1, 0.15) is 5.75 Å². The molecular weight excluding hydrogens is 358 g/mol. The van der Waals surface area contributed by atoms with Crippen LogP contribution in [0.2, 0.25) is 0 Å². The molecule has 0 fully saturated rings. The predicted molar refractivity (Wildman–Crippen MR) is 116 cm³/mol. The Hall–Kier alpha value is -1.55. The van der Waals surface area contributed by atoms with Crippen LogP contribution in [0.4, 0.5) is 0 Å². The Labute approximate surface area is 170 Å². The second-order valence-corrected chi connectivity index (χ2v) is 9.24. The van der Waals surface area contributed by atoms with E-state index in [1.54, 1.807) is 0 Å². The summed E-state index contributed by atoms with van der Waals surface area (Å²) in [5, 5.41) is 21.6. The number of rotatable bonds is 4. The molecule has 3 nitrogen and oxygen atoms in total. The number of aliphatic hydroxyl groups is 1. The van der Waals surface area contributed by atoms with Crippen molar-refractivity contribution >= 4 is 12.4 Å². The molecule has 4 heteroatoms. The van der Waals surface area contributed by atoms with E-state index in [1.165, 1.54) is 0 Å². The van der Waals surface area contributed by atoms with E-state index >= 15 is 0 Å². The molecule has 0 saturated carbocycles. The van der Waals surface area contributed by atoms with Crippen molar-refractivity contribution in [3.05, 3.63) is 64.7 Å². The maximum Gasteiger partial charge on any atom is 0.124 e. The average molecular weight is 392 g/mol. The van der Waals surface area contributed by atoms with Crippen LogP contribution in [0.25, 0.3) is 0 Å². The third-order valence-electron chi connectivity index (χ3n) is 4.87. The molecule has 0 heterocycles. The van der Waals surface area contributed by atoms with Crippen LogP contribution in [0.1, 0.15) is 69.8 Å². The van der Waals surface area contributed by atoms with Gasteiger partial charge in [-0.05, 0) is 33.6 Å². The van der Waals surface area contributed by atoms with Crippen molar-refractivity contribution in [3.63, 3.8) is 0 Å². The summed E-state index contributed by atoms with van der Waals surface area (Å²) in [7, 11) is 0. The van der Waals surface area contributed by atoms with Crippen LogP contribution in [0, 0.1) is 0 Å². The fraction of sp³-hybridized carbons (Fsp3) is 0.478. The minimum absolute atomic E-state index is 0. The van der Waals surface area contributed by atoms with E-state index < -0.39 is 12.1 Å². The van der Waals surface area contributed by atoms with Gasteiger partial charge in [-0.1, -0.05) is 77.9 Å². The highest BCUT2D eigenvalue weighted by atomic mass is 35.5. The lowest BCUT2D eigenvalue weighted by Gasteiger charge is -2.30. The normalized spacial score (nSPS) is 14.4.